The number of hydrogen-bond donors (Lipinski definition) is 11. The molecule has 3 fully saturated rings. The van der Waals surface area contributed by atoms with Crippen LogP contribution in [0.1, 0.15) is 6.92 Å². The third kappa shape index (κ3) is 6.38. The molecule has 1 amide bonds. The molecule has 3 saturated heterocycles. The van der Waals surface area contributed by atoms with Gasteiger partial charge in [-0.2, -0.15) is 0 Å². The van der Waals surface area contributed by atoms with Crippen LogP contribution in [-0.4, -0.2) is 169 Å². The Hall–Kier alpha value is -1.13. The second kappa shape index (κ2) is 12.8. The smallest absolute Gasteiger partial charge is 0.217 e. The van der Waals surface area contributed by atoms with Crippen molar-refractivity contribution < 1.29 is 79.5 Å². The summed E-state index contributed by atoms with van der Waals surface area (Å²) in [4.78, 5) is 11.9. The van der Waals surface area contributed by atoms with Crippen LogP contribution in [0.3, 0.4) is 0 Å². The van der Waals surface area contributed by atoms with Crippen LogP contribution in [0.25, 0.3) is 0 Å². The molecule has 3 aliphatic rings. The maximum atomic E-state index is 11.9. The van der Waals surface area contributed by atoms with Gasteiger partial charge in [0.25, 0.3) is 0 Å². The highest BCUT2D eigenvalue weighted by atomic mass is 16.7. The van der Waals surface area contributed by atoms with Crippen molar-refractivity contribution in [2.45, 2.75) is 99.0 Å². The van der Waals surface area contributed by atoms with Crippen molar-refractivity contribution in [3.63, 3.8) is 0 Å². The van der Waals surface area contributed by atoms with Crippen molar-refractivity contribution in [1.82, 2.24) is 5.32 Å². The maximum absolute atomic E-state index is 11.9. The SMILES string of the molecule is CC(=O)N[C@H]1[C@H](O[C@@H]2[C@@H](O)[C@H](O)O[C@H](CO)[C@H]2O)O[C@H](CO)[C@@H](O[C@@H]2O[C@H](CO)[C@@H](O)[C@H](O)[C@H]2O)[C@@H]1O. The number of carbonyl (C=O) groups excluding carboxylic acids is 1. The fourth-order valence-corrected chi connectivity index (χ4v) is 4.46. The Bertz CT molecular complexity index is 745. The van der Waals surface area contributed by atoms with E-state index in [0.29, 0.717) is 0 Å². The molecule has 3 rings (SSSR count). The summed E-state index contributed by atoms with van der Waals surface area (Å²) in [5.41, 5.74) is 0. The minimum Gasteiger partial charge on any atom is -0.394 e. The van der Waals surface area contributed by atoms with Gasteiger partial charge < -0.3 is 80.1 Å². The summed E-state index contributed by atoms with van der Waals surface area (Å²) in [6.07, 6.45) is -23.2. The van der Waals surface area contributed by atoms with E-state index in [-0.39, 0.29) is 0 Å². The van der Waals surface area contributed by atoms with Crippen LogP contribution in [0.4, 0.5) is 0 Å². The second-order valence-electron chi connectivity index (χ2n) is 9.07. The summed E-state index contributed by atoms with van der Waals surface area (Å²) in [6.45, 7) is -1.23. The lowest BCUT2D eigenvalue weighted by Gasteiger charge is -2.49. The minimum absolute atomic E-state index is 0.684. The molecule has 0 aromatic carbocycles. The molecule has 15 atom stereocenters. The molecule has 0 saturated carbocycles. The molecule has 0 aromatic rings. The first kappa shape index (κ1) is 30.4. The van der Waals surface area contributed by atoms with Crippen LogP contribution < -0.4 is 5.32 Å². The van der Waals surface area contributed by atoms with Gasteiger partial charge in [-0.3, -0.25) is 4.79 Å². The summed E-state index contributed by atoms with van der Waals surface area (Å²) in [7, 11) is 0. The van der Waals surface area contributed by atoms with E-state index in [1.807, 2.05) is 0 Å². The van der Waals surface area contributed by atoms with Gasteiger partial charge in [-0.05, 0) is 0 Å². The molecule has 37 heavy (non-hydrogen) atoms. The van der Waals surface area contributed by atoms with E-state index < -0.39 is 118 Å². The van der Waals surface area contributed by atoms with Crippen LogP contribution in [0, 0.1) is 0 Å². The number of aliphatic hydroxyl groups is 10. The molecular weight excluding hydrogens is 510 g/mol. The topological polar surface area (TPSA) is 278 Å². The molecule has 0 radical (unpaired) electrons. The number of aliphatic hydroxyl groups excluding tert-OH is 10. The standard InChI is InChI=1S/C20H35NO16/c1-5(25)21-9-12(28)16(36-20-14(30)13(29)10(26)6(2-22)34-20)8(4-24)35-19(9)37-17-11(27)7(3-23)33-18(32)15(17)31/h6-20,22-24,26-32H,2-4H2,1H3,(H,21,25)/t6-,7-,8-,9-,10-,11-,12-,13+,14-,15-,16-,17+,18-,19+,20+/m1/s1. The second-order valence-corrected chi connectivity index (χ2v) is 9.07. The zero-order valence-electron chi connectivity index (χ0n) is 19.7. The molecule has 11 N–H and O–H groups in total. The summed E-state index contributed by atoms with van der Waals surface area (Å²) < 4.78 is 27.0. The van der Waals surface area contributed by atoms with Gasteiger partial charge in [0.15, 0.2) is 18.9 Å². The van der Waals surface area contributed by atoms with E-state index in [4.69, 9.17) is 23.7 Å². The third-order valence-electron chi connectivity index (χ3n) is 6.49. The Morgan fingerprint density at radius 2 is 1.19 bits per heavy atom. The molecule has 0 bridgehead atoms. The van der Waals surface area contributed by atoms with E-state index in [9.17, 15) is 55.9 Å². The number of amides is 1. The maximum Gasteiger partial charge on any atom is 0.217 e. The number of hydrogen-bond acceptors (Lipinski definition) is 16. The Morgan fingerprint density at radius 1 is 0.649 bits per heavy atom. The molecule has 216 valence electrons. The van der Waals surface area contributed by atoms with Crippen LogP contribution in [0.5, 0.6) is 0 Å². The predicted octanol–water partition coefficient (Wildman–Crippen LogP) is -7.43. The van der Waals surface area contributed by atoms with E-state index in [2.05, 4.69) is 5.32 Å². The lowest BCUT2D eigenvalue weighted by Crippen LogP contribution is -2.69. The fraction of sp³-hybridized carbons (Fsp3) is 0.950. The summed E-state index contributed by atoms with van der Waals surface area (Å²) in [5, 5.41) is 103. The van der Waals surface area contributed by atoms with Gasteiger partial charge in [-0.1, -0.05) is 0 Å². The number of rotatable bonds is 8. The highest BCUT2D eigenvalue weighted by Crippen LogP contribution is 2.32. The molecule has 0 spiro atoms. The van der Waals surface area contributed by atoms with Crippen LogP contribution in [-0.2, 0) is 28.5 Å². The van der Waals surface area contributed by atoms with Crippen LogP contribution in [0.2, 0.25) is 0 Å². The van der Waals surface area contributed by atoms with Gasteiger partial charge in [-0.15, -0.1) is 0 Å². The molecule has 17 nitrogen and oxygen atoms in total. The van der Waals surface area contributed by atoms with Gasteiger partial charge in [0.05, 0.1) is 19.8 Å². The summed E-state index contributed by atoms with van der Waals surface area (Å²) in [5.74, 6) is -0.684. The van der Waals surface area contributed by atoms with Crippen molar-refractivity contribution in [3.8, 4) is 0 Å². The Balaban J connectivity index is 1.83. The van der Waals surface area contributed by atoms with E-state index in [0.717, 1.165) is 6.92 Å². The van der Waals surface area contributed by atoms with Crippen LogP contribution in [0.15, 0.2) is 0 Å². The number of ether oxygens (including phenoxy) is 5. The Kier molecular flexibility index (Phi) is 10.5. The lowest BCUT2D eigenvalue weighted by atomic mass is 9.94. The molecule has 0 aromatic heterocycles. The first-order chi connectivity index (χ1) is 17.4. The normalized spacial score (nSPS) is 49.0. The Morgan fingerprint density at radius 3 is 1.76 bits per heavy atom. The number of carbonyl (C=O) groups is 1. The monoisotopic (exact) mass is 545 g/mol. The van der Waals surface area contributed by atoms with E-state index in [1.54, 1.807) is 0 Å². The molecule has 17 heteroatoms. The third-order valence-corrected chi connectivity index (χ3v) is 6.49. The van der Waals surface area contributed by atoms with Crippen molar-refractivity contribution in [3.05, 3.63) is 0 Å². The largest absolute Gasteiger partial charge is 0.394 e. The zero-order valence-corrected chi connectivity index (χ0v) is 19.7. The van der Waals surface area contributed by atoms with E-state index >= 15 is 0 Å². The predicted molar refractivity (Wildman–Crippen MR) is 113 cm³/mol. The summed E-state index contributed by atoms with van der Waals surface area (Å²) >= 11 is 0. The van der Waals surface area contributed by atoms with E-state index in [1.165, 1.54) is 0 Å². The fourth-order valence-electron chi connectivity index (χ4n) is 4.46. The number of nitrogens with one attached hydrogen (secondary N) is 1. The van der Waals surface area contributed by atoms with Gasteiger partial charge in [0.2, 0.25) is 5.91 Å². The van der Waals surface area contributed by atoms with Crippen molar-refractivity contribution in [2.75, 3.05) is 19.8 Å². The minimum atomic E-state index is -1.87. The lowest BCUT2D eigenvalue weighted by molar-refractivity contribution is -0.365. The quantitative estimate of drug-likeness (QED) is 0.135. The zero-order chi connectivity index (χ0) is 27.6. The first-order valence-corrected chi connectivity index (χ1v) is 11.6. The van der Waals surface area contributed by atoms with Gasteiger partial charge in [0, 0.05) is 6.92 Å². The van der Waals surface area contributed by atoms with Gasteiger partial charge >= 0.3 is 0 Å². The molecule has 3 heterocycles. The van der Waals surface area contributed by atoms with Crippen LogP contribution >= 0.6 is 0 Å². The average Bonchev–Trinajstić information content (AvgIpc) is 2.87. The first-order valence-electron chi connectivity index (χ1n) is 11.6. The molecule has 3 aliphatic heterocycles. The average molecular weight is 545 g/mol. The molecule has 0 aliphatic carbocycles. The summed E-state index contributed by atoms with van der Waals surface area (Å²) in [6, 6.07) is -1.48. The highest BCUT2D eigenvalue weighted by Gasteiger charge is 2.53. The Labute approximate surface area is 210 Å². The van der Waals surface area contributed by atoms with Crippen molar-refractivity contribution >= 4 is 5.91 Å². The molecule has 0 unspecified atom stereocenters. The molecular formula is C20H35NO16. The van der Waals surface area contributed by atoms with Gasteiger partial charge in [0.1, 0.15) is 73.2 Å². The van der Waals surface area contributed by atoms with Gasteiger partial charge in [-0.25, -0.2) is 0 Å². The van der Waals surface area contributed by atoms with Crippen molar-refractivity contribution in [2.24, 2.45) is 0 Å². The highest BCUT2D eigenvalue weighted by molar-refractivity contribution is 5.73. The van der Waals surface area contributed by atoms with Crippen molar-refractivity contribution in [1.29, 1.82) is 0 Å².